The van der Waals surface area contributed by atoms with Gasteiger partial charge in [0, 0.05) is 32.1 Å². The molecule has 6 nitrogen and oxygen atoms in total. The Balaban J connectivity index is 2.13. The number of H-pyrrole nitrogens is 1. The molecule has 1 aromatic heterocycles. The number of hydrogen-bond acceptors (Lipinski definition) is 4. The van der Waals surface area contributed by atoms with Crippen LogP contribution >= 0.6 is 0 Å². The van der Waals surface area contributed by atoms with Crippen LogP contribution in [0.2, 0.25) is 0 Å². The number of nitroso groups, excluding NO2 is 1. The molecule has 0 radical (unpaired) electrons. The van der Waals surface area contributed by atoms with E-state index in [0.29, 0.717) is 12.4 Å². The van der Waals surface area contributed by atoms with Gasteiger partial charge in [0.1, 0.15) is 0 Å². The summed E-state index contributed by atoms with van der Waals surface area (Å²) in [6.07, 6.45) is 2.56. The molecule has 6 heteroatoms. The summed E-state index contributed by atoms with van der Waals surface area (Å²) < 4.78 is 5.01. The molecule has 0 amide bonds. The maximum atomic E-state index is 12.3. The highest BCUT2D eigenvalue weighted by Gasteiger charge is 2.32. The van der Waals surface area contributed by atoms with E-state index in [0.717, 1.165) is 24.8 Å². The predicted octanol–water partition coefficient (Wildman–Crippen LogP) is 1.73. The molecule has 0 aliphatic carbocycles. The highest BCUT2D eigenvalue weighted by molar-refractivity contribution is 5.48. The zero-order valence-corrected chi connectivity index (χ0v) is 10.7. The van der Waals surface area contributed by atoms with Crippen LogP contribution in [-0.2, 0) is 4.74 Å². The molecule has 2 rings (SSSR count). The van der Waals surface area contributed by atoms with E-state index in [9.17, 15) is 10.1 Å². The Labute approximate surface area is 106 Å². The Morgan fingerprint density at radius 2 is 2.44 bits per heavy atom. The number of methoxy groups -OCH3 is 1. The smallest absolute Gasteiger partial charge is 0.209 e. The molecule has 2 heterocycles. The molecule has 0 bridgehead atoms. The zero-order valence-electron chi connectivity index (χ0n) is 10.7. The summed E-state index contributed by atoms with van der Waals surface area (Å²) in [4.78, 5) is 13.3. The summed E-state index contributed by atoms with van der Waals surface area (Å²) in [6, 6.07) is 1.72. The molecule has 1 aliphatic heterocycles. The maximum absolute atomic E-state index is 12.3. The second kappa shape index (κ2) is 5.60. The van der Waals surface area contributed by atoms with Gasteiger partial charge in [-0.2, -0.15) is 0 Å². The van der Waals surface area contributed by atoms with Crippen molar-refractivity contribution < 1.29 is 9.80 Å². The number of hydrogen-bond donors (Lipinski definition) is 2. The Kier molecular flexibility index (Phi) is 4.11. The highest BCUT2D eigenvalue weighted by atomic mass is 16.5. The first kappa shape index (κ1) is 13.2. The molecule has 0 saturated carbocycles. The molecule has 3 unspecified atom stereocenters. The van der Waals surface area contributed by atoms with Gasteiger partial charge in [0.2, 0.25) is 5.82 Å². The number of aromatic nitrogens is 1. The van der Waals surface area contributed by atoms with Gasteiger partial charge in [0.15, 0.2) is 5.82 Å². The Hall–Kier alpha value is -1.24. The molecule has 0 saturated heterocycles. The second-order valence-electron chi connectivity index (χ2n) is 4.91. The van der Waals surface area contributed by atoms with Crippen LogP contribution in [0.5, 0.6) is 0 Å². The van der Waals surface area contributed by atoms with Crippen molar-refractivity contribution in [2.75, 3.05) is 13.7 Å². The fourth-order valence-corrected chi connectivity index (χ4v) is 2.69. The topological polar surface area (TPSA) is 81.9 Å². The summed E-state index contributed by atoms with van der Waals surface area (Å²) in [5.74, 6) is 1.11. The lowest BCUT2D eigenvalue weighted by Gasteiger charge is -2.36. The van der Waals surface area contributed by atoms with Gasteiger partial charge in [-0.3, -0.25) is 4.98 Å². The minimum atomic E-state index is 0.0285. The van der Waals surface area contributed by atoms with E-state index in [-0.39, 0.29) is 22.8 Å². The second-order valence-corrected chi connectivity index (χ2v) is 4.91. The highest BCUT2D eigenvalue weighted by Crippen LogP contribution is 2.33. The zero-order chi connectivity index (χ0) is 13.1. The third-order valence-electron chi connectivity index (χ3n) is 3.62. The number of nitrogens with one attached hydrogen (secondary N) is 2. The van der Waals surface area contributed by atoms with Gasteiger partial charge in [-0.1, -0.05) is 6.92 Å². The number of rotatable bonds is 5. The summed E-state index contributed by atoms with van der Waals surface area (Å²) in [7, 11) is 1.66. The molecule has 1 aliphatic rings. The van der Waals surface area contributed by atoms with Crippen molar-refractivity contribution >= 4 is 11.6 Å². The molecule has 0 aromatic carbocycles. The molecule has 3 atom stereocenters. The lowest BCUT2D eigenvalue weighted by molar-refractivity contribution is -0.814. The van der Waals surface area contributed by atoms with E-state index in [1.54, 1.807) is 13.2 Å². The molecule has 100 valence electrons. The van der Waals surface area contributed by atoms with E-state index >= 15 is 0 Å². The first-order valence-corrected chi connectivity index (χ1v) is 6.26. The van der Waals surface area contributed by atoms with E-state index in [2.05, 4.69) is 17.1 Å². The van der Waals surface area contributed by atoms with Crippen LogP contribution in [0.25, 0.3) is 0 Å². The molecule has 1 aromatic rings. The van der Waals surface area contributed by atoms with Crippen LogP contribution in [0, 0.1) is 10.1 Å². The van der Waals surface area contributed by atoms with Gasteiger partial charge in [0.25, 0.3) is 0 Å². The van der Waals surface area contributed by atoms with Gasteiger partial charge in [-0.15, -0.1) is 4.91 Å². The van der Waals surface area contributed by atoms with E-state index in [4.69, 9.17) is 4.74 Å². The van der Waals surface area contributed by atoms with Crippen molar-refractivity contribution in [2.45, 2.75) is 38.1 Å². The van der Waals surface area contributed by atoms with Crippen molar-refractivity contribution in [3.8, 4) is 0 Å². The van der Waals surface area contributed by atoms with Crippen molar-refractivity contribution in [1.82, 2.24) is 4.98 Å². The quantitative estimate of drug-likeness (QED) is 0.476. The fourth-order valence-electron chi connectivity index (χ4n) is 2.69. The third kappa shape index (κ3) is 2.45. The summed E-state index contributed by atoms with van der Waals surface area (Å²) in [6.45, 7) is 2.76. The van der Waals surface area contributed by atoms with Gasteiger partial charge >= 0.3 is 0 Å². The van der Waals surface area contributed by atoms with Crippen molar-refractivity contribution in [2.24, 2.45) is 5.18 Å². The number of aromatic amines is 1. The van der Waals surface area contributed by atoms with E-state index in [1.165, 1.54) is 0 Å². The average molecular weight is 253 g/mol. The van der Waals surface area contributed by atoms with Crippen molar-refractivity contribution in [1.29, 1.82) is 0 Å². The SMILES string of the molecule is COCCCC1CC(C)c2cc(N=O)[nH]c2[NH+]1[O-]. The average Bonchev–Trinajstić information content (AvgIpc) is 2.80. The number of quaternary nitrogens is 1. The van der Waals surface area contributed by atoms with Crippen LogP contribution in [0.1, 0.15) is 37.7 Å². The molecule has 0 spiro atoms. The minimum absolute atomic E-state index is 0.0285. The van der Waals surface area contributed by atoms with Crippen LogP contribution in [0.3, 0.4) is 0 Å². The molecule has 2 N–H and O–H groups in total. The van der Waals surface area contributed by atoms with Crippen LogP contribution < -0.4 is 5.06 Å². The van der Waals surface area contributed by atoms with Crippen molar-refractivity contribution in [3.63, 3.8) is 0 Å². The number of nitrogens with zero attached hydrogens (tertiary/aromatic N) is 1. The largest absolute Gasteiger partial charge is 0.628 e. The van der Waals surface area contributed by atoms with Crippen LogP contribution in [-0.4, -0.2) is 24.7 Å². The Morgan fingerprint density at radius 3 is 3.11 bits per heavy atom. The Morgan fingerprint density at radius 1 is 1.67 bits per heavy atom. The molecule has 0 fully saturated rings. The van der Waals surface area contributed by atoms with Gasteiger partial charge in [-0.25, -0.2) is 0 Å². The summed E-state index contributed by atoms with van der Waals surface area (Å²) >= 11 is 0. The molecular formula is C12H19N3O3. The number of ether oxygens (including phenoxy) is 1. The molecule has 18 heavy (non-hydrogen) atoms. The summed E-state index contributed by atoms with van der Waals surface area (Å²) in [5.41, 5.74) is 0.928. The van der Waals surface area contributed by atoms with E-state index < -0.39 is 0 Å². The van der Waals surface area contributed by atoms with Gasteiger partial charge < -0.3 is 15.0 Å². The fraction of sp³-hybridized carbons (Fsp3) is 0.667. The third-order valence-corrected chi connectivity index (χ3v) is 3.62. The van der Waals surface area contributed by atoms with Gasteiger partial charge in [-0.05, 0) is 23.6 Å². The van der Waals surface area contributed by atoms with Gasteiger partial charge in [0.05, 0.1) is 6.04 Å². The first-order chi connectivity index (χ1) is 8.67. The number of hydroxylamine groups is 1. The maximum Gasteiger partial charge on any atom is 0.209 e. The minimum Gasteiger partial charge on any atom is -0.628 e. The summed E-state index contributed by atoms with van der Waals surface area (Å²) in [5, 5.41) is 15.2. The van der Waals surface area contributed by atoms with E-state index in [1.807, 2.05) is 0 Å². The first-order valence-electron chi connectivity index (χ1n) is 6.26. The standard InChI is InChI=1S/C12H19N3O3/c1-8-6-9(4-3-5-18-2)15(17)12-10(8)7-11(13-12)14-16/h7-9,13,15H,3-6H2,1-2H3. The predicted molar refractivity (Wildman–Crippen MR) is 68.2 cm³/mol. The lowest BCUT2D eigenvalue weighted by Crippen LogP contribution is -3.07. The monoisotopic (exact) mass is 253 g/mol. The normalized spacial score (nSPS) is 26.9. The van der Waals surface area contributed by atoms with Crippen LogP contribution in [0.15, 0.2) is 11.2 Å². The Bertz CT molecular complexity index is 419. The lowest BCUT2D eigenvalue weighted by atomic mass is 9.89. The number of fused-ring (bicyclic) bond motifs is 1. The molecular weight excluding hydrogens is 234 g/mol. The van der Waals surface area contributed by atoms with Crippen molar-refractivity contribution in [3.05, 3.63) is 21.7 Å². The van der Waals surface area contributed by atoms with Crippen LogP contribution in [0.4, 0.5) is 11.6 Å².